The van der Waals surface area contributed by atoms with Crippen LogP contribution in [0.25, 0.3) is 0 Å². The van der Waals surface area contributed by atoms with Gasteiger partial charge in [-0.1, -0.05) is 0 Å². The van der Waals surface area contributed by atoms with E-state index in [0.29, 0.717) is 25.9 Å². The van der Waals surface area contributed by atoms with Gasteiger partial charge < -0.3 is 14.2 Å². The van der Waals surface area contributed by atoms with Crippen LogP contribution in [0.4, 0.5) is 0 Å². The molecule has 0 saturated heterocycles. The van der Waals surface area contributed by atoms with Gasteiger partial charge in [0.2, 0.25) is 5.91 Å². The van der Waals surface area contributed by atoms with Crippen LogP contribution in [-0.4, -0.2) is 42.9 Å². The van der Waals surface area contributed by atoms with Gasteiger partial charge in [0.05, 0.1) is 25.0 Å². The number of nitrogens with zero attached hydrogens (tertiary/aromatic N) is 3. The molecule has 0 N–H and O–H groups in total. The smallest absolute Gasteiger partial charge is 0.223 e. The molecule has 0 aliphatic rings. The van der Waals surface area contributed by atoms with E-state index in [9.17, 15) is 4.79 Å². The summed E-state index contributed by atoms with van der Waals surface area (Å²) in [4.78, 5) is 15.4. The standard InChI is InChI=1S/C13H19N3O2/c1-15(10-12-5-9-18-11-12)8-4-13(17)16(2)7-3-6-14/h5,9,11H,3-4,7-8,10H2,1-2H3. The second kappa shape index (κ2) is 7.51. The summed E-state index contributed by atoms with van der Waals surface area (Å²) in [5.41, 5.74) is 1.10. The molecule has 0 fully saturated rings. The van der Waals surface area contributed by atoms with Gasteiger partial charge in [-0.15, -0.1) is 0 Å². The highest BCUT2D eigenvalue weighted by molar-refractivity contribution is 5.76. The zero-order valence-electron chi connectivity index (χ0n) is 10.9. The Bertz CT molecular complexity index is 395. The molecule has 0 aromatic carbocycles. The molecule has 0 atom stereocenters. The van der Waals surface area contributed by atoms with E-state index in [1.807, 2.05) is 19.2 Å². The van der Waals surface area contributed by atoms with Crippen LogP contribution >= 0.6 is 0 Å². The van der Waals surface area contributed by atoms with Crippen LogP contribution < -0.4 is 0 Å². The number of carbonyl (C=O) groups is 1. The molecular formula is C13H19N3O2. The van der Waals surface area contributed by atoms with Gasteiger partial charge in [-0.2, -0.15) is 5.26 Å². The Balaban J connectivity index is 2.23. The van der Waals surface area contributed by atoms with Crippen molar-refractivity contribution in [3.05, 3.63) is 24.2 Å². The third-order valence-electron chi connectivity index (χ3n) is 2.72. The Morgan fingerprint density at radius 2 is 2.22 bits per heavy atom. The highest BCUT2D eigenvalue weighted by Gasteiger charge is 2.10. The Hall–Kier alpha value is -1.80. The van der Waals surface area contributed by atoms with Gasteiger partial charge in [-0.25, -0.2) is 0 Å². The van der Waals surface area contributed by atoms with E-state index in [1.165, 1.54) is 0 Å². The molecule has 0 aliphatic heterocycles. The number of rotatable bonds is 7. The minimum Gasteiger partial charge on any atom is -0.472 e. The molecule has 5 heteroatoms. The molecular weight excluding hydrogens is 230 g/mol. The molecule has 98 valence electrons. The lowest BCUT2D eigenvalue weighted by molar-refractivity contribution is -0.130. The van der Waals surface area contributed by atoms with E-state index in [-0.39, 0.29) is 5.91 Å². The lowest BCUT2D eigenvalue weighted by atomic mass is 10.3. The first-order chi connectivity index (χ1) is 8.63. The Kier molecular flexibility index (Phi) is 5.95. The van der Waals surface area contributed by atoms with Crippen molar-refractivity contribution in [1.82, 2.24) is 9.80 Å². The largest absolute Gasteiger partial charge is 0.472 e. The molecule has 0 bridgehead atoms. The summed E-state index contributed by atoms with van der Waals surface area (Å²) in [6.45, 7) is 1.97. The molecule has 0 unspecified atom stereocenters. The van der Waals surface area contributed by atoms with E-state index >= 15 is 0 Å². The number of hydrogen-bond donors (Lipinski definition) is 0. The maximum absolute atomic E-state index is 11.7. The van der Waals surface area contributed by atoms with Crippen LogP contribution in [0.3, 0.4) is 0 Å². The summed E-state index contributed by atoms with van der Waals surface area (Å²) in [6, 6.07) is 3.95. The number of furan rings is 1. The van der Waals surface area contributed by atoms with Crippen LogP contribution in [0.15, 0.2) is 23.0 Å². The van der Waals surface area contributed by atoms with Gasteiger partial charge in [0.25, 0.3) is 0 Å². The summed E-state index contributed by atoms with van der Waals surface area (Å²) in [6.07, 6.45) is 4.20. The number of hydrogen-bond acceptors (Lipinski definition) is 4. The monoisotopic (exact) mass is 249 g/mol. The van der Waals surface area contributed by atoms with E-state index < -0.39 is 0 Å². The van der Waals surface area contributed by atoms with Crippen LogP contribution in [-0.2, 0) is 11.3 Å². The van der Waals surface area contributed by atoms with Gasteiger partial charge in [0.15, 0.2) is 0 Å². The Labute approximate surface area is 108 Å². The predicted molar refractivity (Wildman–Crippen MR) is 67.5 cm³/mol. The van der Waals surface area contributed by atoms with Crippen molar-refractivity contribution < 1.29 is 9.21 Å². The molecule has 1 aromatic rings. The van der Waals surface area contributed by atoms with E-state index in [2.05, 4.69) is 4.90 Å². The first-order valence-electron chi connectivity index (χ1n) is 5.94. The topological polar surface area (TPSA) is 60.5 Å². The normalized spacial score (nSPS) is 10.3. The highest BCUT2D eigenvalue weighted by Crippen LogP contribution is 2.04. The predicted octanol–water partition coefficient (Wildman–Crippen LogP) is 1.47. The van der Waals surface area contributed by atoms with Gasteiger partial charge in [-0.05, 0) is 13.1 Å². The fraction of sp³-hybridized carbons (Fsp3) is 0.538. The van der Waals surface area contributed by atoms with Crippen LogP contribution in [0.1, 0.15) is 18.4 Å². The average Bonchev–Trinajstić information content (AvgIpc) is 2.85. The first kappa shape index (κ1) is 14.3. The second-order valence-electron chi connectivity index (χ2n) is 4.34. The summed E-state index contributed by atoms with van der Waals surface area (Å²) < 4.78 is 4.99. The van der Waals surface area contributed by atoms with Crippen molar-refractivity contribution in [2.24, 2.45) is 0 Å². The molecule has 1 heterocycles. The van der Waals surface area contributed by atoms with Crippen molar-refractivity contribution in [2.75, 3.05) is 27.2 Å². The molecule has 1 amide bonds. The van der Waals surface area contributed by atoms with E-state index in [4.69, 9.17) is 9.68 Å². The zero-order chi connectivity index (χ0) is 13.4. The molecule has 0 radical (unpaired) electrons. The number of carbonyl (C=O) groups excluding carboxylic acids is 1. The lowest BCUT2D eigenvalue weighted by Gasteiger charge is -2.19. The van der Waals surface area contributed by atoms with Crippen molar-refractivity contribution in [2.45, 2.75) is 19.4 Å². The van der Waals surface area contributed by atoms with Crippen LogP contribution in [0.2, 0.25) is 0 Å². The zero-order valence-corrected chi connectivity index (χ0v) is 10.9. The number of nitriles is 1. The Morgan fingerprint density at radius 3 is 2.83 bits per heavy atom. The van der Waals surface area contributed by atoms with Crippen molar-refractivity contribution >= 4 is 5.91 Å². The third kappa shape index (κ3) is 5.02. The van der Waals surface area contributed by atoms with Gasteiger partial charge in [0.1, 0.15) is 0 Å². The maximum atomic E-state index is 11.7. The SMILES string of the molecule is CN(CCC(=O)N(C)CCC#N)Cc1ccoc1. The minimum absolute atomic E-state index is 0.0734. The summed E-state index contributed by atoms with van der Waals surface area (Å²) >= 11 is 0. The number of amides is 1. The van der Waals surface area contributed by atoms with Gasteiger partial charge in [-0.3, -0.25) is 4.79 Å². The molecule has 1 aromatic heterocycles. The van der Waals surface area contributed by atoms with Crippen molar-refractivity contribution in [1.29, 1.82) is 5.26 Å². The lowest BCUT2D eigenvalue weighted by Crippen LogP contribution is -2.31. The van der Waals surface area contributed by atoms with Gasteiger partial charge in [0, 0.05) is 38.7 Å². The molecule has 0 spiro atoms. The maximum Gasteiger partial charge on any atom is 0.223 e. The third-order valence-corrected chi connectivity index (χ3v) is 2.72. The molecule has 5 nitrogen and oxygen atoms in total. The minimum atomic E-state index is 0.0734. The van der Waals surface area contributed by atoms with Crippen molar-refractivity contribution in [3.8, 4) is 6.07 Å². The molecule has 1 rings (SSSR count). The molecule has 0 aliphatic carbocycles. The first-order valence-corrected chi connectivity index (χ1v) is 5.94. The highest BCUT2D eigenvalue weighted by atomic mass is 16.3. The summed E-state index contributed by atoms with van der Waals surface area (Å²) in [5.74, 6) is 0.0734. The van der Waals surface area contributed by atoms with Crippen LogP contribution in [0, 0.1) is 11.3 Å². The van der Waals surface area contributed by atoms with Gasteiger partial charge >= 0.3 is 0 Å². The quantitative estimate of drug-likeness (QED) is 0.734. The molecule has 18 heavy (non-hydrogen) atoms. The fourth-order valence-corrected chi connectivity index (χ4v) is 1.59. The second-order valence-corrected chi connectivity index (χ2v) is 4.34. The van der Waals surface area contributed by atoms with Crippen molar-refractivity contribution in [3.63, 3.8) is 0 Å². The van der Waals surface area contributed by atoms with E-state index in [0.717, 1.165) is 12.1 Å². The average molecular weight is 249 g/mol. The summed E-state index contributed by atoms with van der Waals surface area (Å²) in [7, 11) is 3.70. The summed E-state index contributed by atoms with van der Waals surface area (Å²) in [5, 5.41) is 8.45. The fourth-order valence-electron chi connectivity index (χ4n) is 1.59. The van der Waals surface area contributed by atoms with Crippen LogP contribution in [0.5, 0.6) is 0 Å². The van der Waals surface area contributed by atoms with E-state index in [1.54, 1.807) is 24.5 Å². The Morgan fingerprint density at radius 1 is 1.44 bits per heavy atom. The molecule has 0 saturated carbocycles.